The molecule has 0 saturated carbocycles. The number of thioether (sulfide) groups is 1. The Morgan fingerprint density at radius 1 is 1.29 bits per heavy atom. The molecule has 2 N–H and O–H groups in total. The van der Waals surface area contributed by atoms with Gasteiger partial charge in [0, 0.05) is 6.54 Å². The van der Waals surface area contributed by atoms with Crippen LogP contribution >= 0.6 is 11.8 Å². The molecule has 0 atom stereocenters. The summed E-state index contributed by atoms with van der Waals surface area (Å²) in [6, 6.07) is 4.99. The first-order valence-electron chi connectivity index (χ1n) is 7.37. The molecule has 1 aromatic rings. The minimum atomic E-state index is -3.49. The maximum atomic E-state index is 12.3. The van der Waals surface area contributed by atoms with Crippen molar-refractivity contribution in [2.45, 2.75) is 37.7 Å². The van der Waals surface area contributed by atoms with Gasteiger partial charge in [-0.2, -0.15) is 11.8 Å². The molecule has 0 radical (unpaired) electrons. The molecule has 0 aliphatic carbocycles. The number of hydrogen-bond acceptors (Lipinski definition) is 4. The minimum absolute atomic E-state index is 0.133. The van der Waals surface area contributed by atoms with Crippen molar-refractivity contribution in [2.24, 2.45) is 5.92 Å². The lowest BCUT2D eigenvalue weighted by Crippen LogP contribution is -2.31. The molecule has 0 amide bonds. The summed E-state index contributed by atoms with van der Waals surface area (Å²) >= 11 is 1.93. The Kier molecular flexibility index (Phi) is 6.10. The molecule has 1 aliphatic rings. The van der Waals surface area contributed by atoms with Crippen LogP contribution in [0.5, 0.6) is 0 Å². The Morgan fingerprint density at radius 3 is 2.62 bits per heavy atom. The maximum Gasteiger partial charge on any atom is 0.240 e. The fourth-order valence-corrected chi connectivity index (χ4v) is 4.89. The average Bonchev–Trinajstić information content (AvgIpc) is 2.53. The van der Waals surface area contributed by atoms with Crippen molar-refractivity contribution in [1.82, 2.24) is 4.72 Å². The third kappa shape index (κ3) is 4.45. The van der Waals surface area contributed by atoms with Gasteiger partial charge >= 0.3 is 0 Å². The molecule has 4 nitrogen and oxygen atoms in total. The lowest BCUT2D eigenvalue weighted by atomic mass is 10.0. The molecule has 1 heterocycles. The molecule has 0 aromatic heterocycles. The van der Waals surface area contributed by atoms with E-state index < -0.39 is 10.0 Å². The van der Waals surface area contributed by atoms with Gasteiger partial charge in [0.25, 0.3) is 0 Å². The lowest BCUT2D eigenvalue weighted by Gasteiger charge is -2.21. The quantitative estimate of drug-likeness (QED) is 0.839. The number of rotatable bonds is 6. The van der Waals surface area contributed by atoms with Crippen LogP contribution in [-0.2, 0) is 23.1 Å². The van der Waals surface area contributed by atoms with Crippen LogP contribution in [0, 0.1) is 5.92 Å². The molecule has 0 unspecified atom stereocenters. The summed E-state index contributed by atoms with van der Waals surface area (Å²) in [5.74, 6) is 2.67. The molecule has 1 aromatic carbocycles. The standard InChI is InChI=1S/C15H23NO3S2/c1-2-13-3-4-15(9-14(13)11-17)21(18,19)16-10-12-5-7-20-8-6-12/h3-4,9,12,16-17H,2,5-8,10-11H2,1H3. The van der Waals surface area contributed by atoms with Crippen molar-refractivity contribution in [3.05, 3.63) is 29.3 Å². The van der Waals surface area contributed by atoms with Gasteiger partial charge < -0.3 is 5.11 Å². The summed E-state index contributed by atoms with van der Waals surface area (Å²) in [7, 11) is -3.49. The van der Waals surface area contributed by atoms with Gasteiger partial charge in [0.05, 0.1) is 11.5 Å². The summed E-state index contributed by atoms with van der Waals surface area (Å²) in [5, 5.41) is 9.36. The molecule has 6 heteroatoms. The zero-order valence-corrected chi connectivity index (χ0v) is 14.0. The number of aryl methyl sites for hydroxylation is 1. The van der Waals surface area contributed by atoms with Crippen LogP contribution in [0.25, 0.3) is 0 Å². The van der Waals surface area contributed by atoms with E-state index in [1.54, 1.807) is 18.2 Å². The topological polar surface area (TPSA) is 66.4 Å². The summed E-state index contributed by atoms with van der Waals surface area (Å²) in [6.07, 6.45) is 2.93. The minimum Gasteiger partial charge on any atom is -0.392 e. The molecule has 1 aliphatic heterocycles. The molecule has 1 saturated heterocycles. The highest BCUT2D eigenvalue weighted by Crippen LogP contribution is 2.23. The van der Waals surface area contributed by atoms with Gasteiger partial charge in [-0.25, -0.2) is 13.1 Å². The Hall–Kier alpha value is -0.560. The Bertz CT molecular complexity index is 566. The highest BCUT2D eigenvalue weighted by atomic mass is 32.2. The van der Waals surface area contributed by atoms with Gasteiger partial charge in [-0.3, -0.25) is 0 Å². The van der Waals surface area contributed by atoms with Gasteiger partial charge in [-0.1, -0.05) is 13.0 Å². The zero-order chi connectivity index (χ0) is 15.3. The van der Waals surface area contributed by atoms with E-state index in [4.69, 9.17) is 0 Å². The predicted molar refractivity (Wildman–Crippen MR) is 87.0 cm³/mol. The number of hydrogen-bond donors (Lipinski definition) is 2. The zero-order valence-electron chi connectivity index (χ0n) is 12.3. The lowest BCUT2D eigenvalue weighted by molar-refractivity contribution is 0.280. The second kappa shape index (κ2) is 7.63. The molecule has 0 bridgehead atoms. The summed E-state index contributed by atoms with van der Waals surface area (Å²) < 4.78 is 27.4. The van der Waals surface area contributed by atoms with E-state index in [1.165, 1.54) is 0 Å². The van der Waals surface area contributed by atoms with Gasteiger partial charge in [-0.05, 0) is 59.9 Å². The van der Waals surface area contributed by atoms with Crippen LogP contribution in [0.1, 0.15) is 30.9 Å². The third-order valence-corrected chi connectivity index (χ3v) is 6.41. The molecule has 1 fully saturated rings. The van der Waals surface area contributed by atoms with Crippen LogP contribution in [0.15, 0.2) is 23.1 Å². The van der Waals surface area contributed by atoms with E-state index in [0.29, 0.717) is 18.0 Å². The Labute approximate surface area is 131 Å². The molecule has 118 valence electrons. The molecule has 2 rings (SSSR count). The number of benzene rings is 1. The van der Waals surface area contributed by atoms with Crippen molar-refractivity contribution in [1.29, 1.82) is 0 Å². The van der Waals surface area contributed by atoms with Crippen molar-refractivity contribution in [3.63, 3.8) is 0 Å². The second-order valence-corrected chi connectivity index (χ2v) is 8.34. The largest absolute Gasteiger partial charge is 0.392 e. The first-order valence-corrected chi connectivity index (χ1v) is 10.0. The number of nitrogens with one attached hydrogen (secondary N) is 1. The Morgan fingerprint density at radius 2 is 2.00 bits per heavy atom. The average molecular weight is 329 g/mol. The normalized spacial score (nSPS) is 17.0. The fraction of sp³-hybridized carbons (Fsp3) is 0.600. The van der Waals surface area contributed by atoms with Crippen LogP contribution in [0.3, 0.4) is 0 Å². The second-order valence-electron chi connectivity index (χ2n) is 5.35. The van der Waals surface area contributed by atoms with E-state index in [0.717, 1.165) is 36.3 Å². The number of aliphatic hydroxyl groups is 1. The van der Waals surface area contributed by atoms with E-state index in [9.17, 15) is 13.5 Å². The van der Waals surface area contributed by atoms with Gasteiger partial charge in [0.1, 0.15) is 0 Å². The number of aliphatic hydroxyl groups excluding tert-OH is 1. The highest BCUT2D eigenvalue weighted by molar-refractivity contribution is 7.99. The monoisotopic (exact) mass is 329 g/mol. The maximum absolute atomic E-state index is 12.3. The van der Waals surface area contributed by atoms with Crippen molar-refractivity contribution < 1.29 is 13.5 Å². The van der Waals surface area contributed by atoms with E-state index >= 15 is 0 Å². The van der Waals surface area contributed by atoms with Crippen molar-refractivity contribution in [3.8, 4) is 0 Å². The smallest absolute Gasteiger partial charge is 0.240 e. The van der Waals surface area contributed by atoms with Gasteiger partial charge in [0.2, 0.25) is 10.0 Å². The molecular formula is C15H23NO3S2. The summed E-state index contributed by atoms with van der Waals surface area (Å²) in [4.78, 5) is 0.244. The first-order chi connectivity index (χ1) is 10.1. The molecular weight excluding hydrogens is 306 g/mol. The Balaban J connectivity index is 2.07. The van der Waals surface area contributed by atoms with Gasteiger partial charge in [0.15, 0.2) is 0 Å². The van der Waals surface area contributed by atoms with Crippen molar-refractivity contribution in [2.75, 3.05) is 18.1 Å². The van der Waals surface area contributed by atoms with Crippen LogP contribution < -0.4 is 4.72 Å². The third-order valence-electron chi connectivity index (χ3n) is 3.94. The summed E-state index contributed by atoms with van der Waals surface area (Å²) in [6.45, 7) is 2.36. The fourth-order valence-electron chi connectivity index (χ4n) is 2.52. The first kappa shape index (κ1) is 16.8. The predicted octanol–water partition coefficient (Wildman–Crippen LogP) is 2.16. The van der Waals surface area contributed by atoms with E-state index in [-0.39, 0.29) is 11.5 Å². The van der Waals surface area contributed by atoms with Crippen LogP contribution in [-0.4, -0.2) is 31.6 Å². The number of sulfonamides is 1. The van der Waals surface area contributed by atoms with Gasteiger partial charge in [-0.15, -0.1) is 0 Å². The van der Waals surface area contributed by atoms with Crippen LogP contribution in [0.4, 0.5) is 0 Å². The van der Waals surface area contributed by atoms with E-state index in [1.807, 2.05) is 18.7 Å². The molecule has 21 heavy (non-hydrogen) atoms. The SMILES string of the molecule is CCc1ccc(S(=O)(=O)NCC2CCSCC2)cc1CO. The van der Waals surface area contributed by atoms with Crippen LogP contribution in [0.2, 0.25) is 0 Å². The summed E-state index contributed by atoms with van der Waals surface area (Å²) in [5.41, 5.74) is 1.68. The van der Waals surface area contributed by atoms with Crippen molar-refractivity contribution >= 4 is 21.8 Å². The molecule has 0 spiro atoms. The highest BCUT2D eigenvalue weighted by Gasteiger charge is 2.19. The van der Waals surface area contributed by atoms with E-state index in [2.05, 4.69) is 4.72 Å².